The number of rotatable bonds is 1. The molecule has 0 saturated carbocycles. The van der Waals surface area contributed by atoms with Gasteiger partial charge in [0.05, 0.1) is 22.9 Å². The van der Waals surface area contributed by atoms with Crippen LogP contribution in [0.2, 0.25) is 0 Å². The van der Waals surface area contributed by atoms with Crippen LogP contribution < -0.4 is 9.26 Å². The van der Waals surface area contributed by atoms with Gasteiger partial charge in [0.1, 0.15) is 5.82 Å². The maximum Gasteiger partial charge on any atom is 0.136 e. The fourth-order valence-corrected chi connectivity index (χ4v) is 0.794. The van der Waals surface area contributed by atoms with Gasteiger partial charge in [-0.2, -0.15) is 0 Å². The van der Waals surface area contributed by atoms with Crippen molar-refractivity contribution < 1.29 is 0 Å². The number of anilines is 2. The standard InChI is InChI=1S/C5H6IN3/c6-9-5-3-4(7)1-2-8-5/h1-3H,(H3,7,8,9). The zero-order chi connectivity index (χ0) is 6.69. The van der Waals surface area contributed by atoms with Crippen molar-refractivity contribution in [1.29, 1.82) is 0 Å². The van der Waals surface area contributed by atoms with Gasteiger partial charge >= 0.3 is 0 Å². The molecule has 3 nitrogen and oxygen atoms in total. The molecule has 1 aromatic rings. The van der Waals surface area contributed by atoms with Gasteiger partial charge in [-0.1, -0.05) is 0 Å². The third kappa shape index (κ3) is 1.70. The van der Waals surface area contributed by atoms with Crippen LogP contribution in [0.3, 0.4) is 0 Å². The molecule has 0 amide bonds. The summed E-state index contributed by atoms with van der Waals surface area (Å²) in [5.74, 6) is 0.788. The molecule has 3 N–H and O–H groups in total. The number of nitrogens with zero attached hydrogens (tertiary/aromatic N) is 1. The van der Waals surface area contributed by atoms with Crippen LogP contribution in [0.1, 0.15) is 0 Å². The molecule has 0 saturated heterocycles. The van der Waals surface area contributed by atoms with E-state index in [1.165, 1.54) is 0 Å². The molecule has 0 radical (unpaired) electrons. The molecule has 9 heavy (non-hydrogen) atoms. The number of hydrogen-bond donors (Lipinski definition) is 2. The van der Waals surface area contributed by atoms with Crippen molar-refractivity contribution in [2.75, 3.05) is 9.26 Å². The number of nitrogens with one attached hydrogen (secondary N) is 1. The lowest BCUT2D eigenvalue weighted by Crippen LogP contribution is -1.88. The third-order valence-electron chi connectivity index (χ3n) is 0.881. The smallest absolute Gasteiger partial charge is 0.136 e. The van der Waals surface area contributed by atoms with E-state index in [-0.39, 0.29) is 0 Å². The highest BCUT2D eigenvalue weighted by Crippen LogP contribution is 2.08. The molecule has 1 aromatic heterocycles. The lowest BCUT2D eigenvalue weighted by Gasteiger charge is -1.95. The predicted octanol–water partition coefficient (Wildman–Crippen LogP) is 1.43. The molecule has 0 aliphatic carbocycles. The van der Waals surface area contributed by atoms with Crippen molar-refractivity contribution in [3.8, 4) is 0 Å². The molecule has 0 spiro atoms. The Morgan fingerprint density at radius 3 is 2.89 bits per heavy atom. The van der Waals surface area contributed by atoms with E-state index in [4.69, 9.17) is 5.73 Å². The minimum absolute atomic E-state index is 0.726. The van der Waals surface area contributed by atoms with Crippen LogP contribution in [0.5, 0.6) is 0 Å². The fourth-order valence-electron chi connectivity index (χ4n) is 0.499. The number of pyridine rings is 1. The summed E-state index contributed by atoms with van der Waals surface area (Å²) in [6.45, 7) is 0. The molecule has 0 aliphatic rings. The number of halogens is 1. The monoisotopic (exact) mass is 235 g/mol. The maximum absolute atomic E-state index is 5.45. The zero-order valence-corrected chi connectivity index (χ0v) is 6.79. The lowest BCUT2D eigenvalue weighted by molar-refractivity contribution is 1.35. The normalized spacial score (nSPS) is 9.00. The van der Waals surface area contributed by atoms with Crippen LogP contribution in [-0.2, 0) is 0 Å². The van der Waals surface area contributed by atoms with Crippen molar-refractivity contribution in [1.82, 2.24) is 4.98 Å². The summed E-state index contributed by atoms with van der Waals surface area (Å²) in [7, 11) is 0. The Bertz CT molecular complexity index is 201. The Morgan fingerprint density at radius 1 is 1.67 bits per heavy atom. The molecule has 1 heterocycles. The number of nitrogens with two attached hydrogens (primary N) is 1. The van der Waals surface area contributed by atoms with E-state index in [2.05, 4.69) is 8.51 Å². The van der Waals surface area contributed by atoms with Gasteiger partial charge in [0.25, 0.3) is 0 Å². The van der Waals surface area contributed by atoms with Crippen LogP contribution in [0.4, 0.5) is 11.5 Å². The second kappa shape index (κ2) is 2.86. The summed E-state index contributed by atoms with van der Waals surface area (Å²) in [4.78, 5) is 3.96. The van der Waals surface area contributed by atoms with E-state index in [1.54, 1.807) is 18.3 Å². The summed E-state index contributed by atoms with van der Waals surface area (Å²) in [6, 6.07) is 3.52. The Labute approximate surface area is 67.2 Å². The Kier molecular flexibility index (Phi) is 2.10. The van der Waals surface area contributed by atoms with Gasteiger partial charge in [0.2, 0.25) is 0 Å². The molecule has 48 valence electrons. The van der Waals surface area contributed by atoms with Crippen molar-refractivity contribution in [3.63, 3.8) is 0 Å². The van der Waals surface area contributed by atoms with Crippen LogP contribution in [-0.4, -0.2) is 4.98 Å². The zero-order valence-electron chi connectivity index (χ0n) is 4.63. The Morgan fingerprint density at radius 2 is 2.44 bits per heavy atom. The predicted molar refractivity (Wildman–Crippen MR) is 46.3 cm³/mol. The molecule has 0 atom stereocenters. The topological polar surface area (TPSA) is 50.9 Å². The number of nitrogen functional groups attached to an aromatic ring is 1. The minimum Gasteiger partial charge on any atom is -0.399 e. The molecule has 0 aliphatic heterocycles. The van der Waals surface area contributed by atoms with Crippen molar-refractivity contribution >= 4 is 34.4 Å². The first kappa shape index (κ1) is 6.60. The van der Waals surface area contributed by atoms with Gasteiger partial charge in [-0.25, -0.2) is 4.98 Å². The van der Waals surface area contributed by atoms with Gasteiger partial charge in [0.15, 0.2) is 0 Å². The van der Waals surface area contributed by atoms with Crippen molar-refractivity contribution in [2.24, 2.45) is 0 Å². The van der Waals surface area contributed by atoms with Crippen LogP contribution in [0, 0.1) is 0 Å². The minimum atomic E-state index is 0.726. The largest absolute Gasteiger partial charge is 0.399 e. The second-order valence-electron chi connectivity index (χ2n) is 1.57. The van der Waals surface area contributed by atoms with E-state index in [0.717, 1.165) is 11.5 Å². The van der Waals surface area contributed by atoms with E-state index in [9.17, 15) is 0 Å². The molecule has 0 aromatic carbocycles. The number of hydrogen-bond acceptors (Lipinski definition) is 3. The van der Waals surface area contributed by atoms with E-state index < -0.39 is 0 Å². The van der Waals surface area contributed by atoms with E-state index >= 15 is 0 Å². The van der Waals surface area contributed by atoms with E-state index in [1.807, 2.05) is 22.9 Å². The average molecular weight is 235 g/mol. The quantitative estimate of drug-likeness (QED) is 0.571. The summed E-state index contributed by atoms with van der Waals surface area (Å²) in [6.07, 6.45) is 1.66. The highest BCUT2D eigenvalue weighted by molar-refractivity contribution is 14.1. The first-order valence-corrected chi connectivity index (χ1v) is 3.49. The molecule has 0 unspecified atom stereocenters. The van der Waals surface area contributed by atoms with Crippen molar-refractivity contribution in [2.45, 2.75) is 0 Å². The van der Waals surface area contributed by atoms with Gasteiger partial charge in [-0.15, -0.1) is 0 Å². The second-order valence-corrected chi connectivity index (χ2v) is 2.11. The van der Waals surface area contributed by atoms with Gasteiger partial charge in [-0.3, -0.25) is 0 Å². The van der Waals surface area contributed by atoms with E-state index in [0.29, 0.717) is 0 Å². The molecule has 4 heteroatoms. The Hall–Kier alpha value is -0.520. The Balaban J connectivity index is 2.94. The molecule has 0 bridgehead atoms. The SMILES string of the molecule is Nc1ccnc(NI)c1. The van der Waals surface area contributed by atoms with Crippen LogP contribution in [0.25, 0.3) is 0 Å². The highest BCUT2D eigenvalue weighted by Gasteiger charge is 1.87. The van der Waals surface area contributed by atoms with Crippen LogP contribution >= 0.6 is 22.9 Å². The summed E-state index contributed by atoms with van der Waals surface area (Å²) in [5.41, 5.74) is 6.18. The highest BCUT2D eigenvalue weighted by atomic mass is 127. The van der Waals surface area contributed by atoms with Crippen molar-refractivity contribution in [3.05, 3.63) is 18.3 Å². The van der Waals surface area contributed by atoms with Crippen LogP contribution in [0.15, 0.2) is 18.3 Å². The summed E-state index contributed by atoms with van der Waals surface area (Å²) >= 11 is 2.00. The lowest BCUT2D eigenvalue weighted by atomic mass is 10.4. The molecule has 1 rings (SSSR count). The van der Waals surface area contributed by atoms with Gasteiger partial charge in [0, 0.05) is 18.0 Å². The third-order valence-corrected chi connectivity index (χ3v) is 1.43. The fraction of sp³-hybridized carbons (Fsp3) is 0. The first-order chi connectivity index (χ1) is 4.33. The molecule has 0 fully saturated rings. The van der Waals surface area contributed by atoms with Gasteiger partial charge < -0.3 is 9.26 Å². The summed E-state index contributed by atoms with van der Waals surface area (Å²) in [5, 5.41) is 0. The first-order valence-electron chi connectivity index (χ1n) is 2.41. The molecular weight excluding hydrogens is 229 g/mol. The summed E-state index contributed by atoms with van der Waals surface area (Å²) < 4.78 is 2.85. The van der Waals surface area contributed by atoms with Gasteiger partial charge in [-0.05, 0) is 6.07 Å². The average Bonchev–Trinajstić information content (AvgIpc) is 1.88. The maximum atomic E-state index is 5.45. The molecular formula is C5H6IN3. The number of aromatic nitrogens is 1.